The van der Waals surface area contributed by atoms with E-state index < -0.39 is 34.4 Å². The van der Waals surface area contributed by atoms with Gasteiger partial charge in [0.05, 0.1) is 24.0 Å². The minimum absolute atomic E-state index is 0.0419. The molecule has 4 rings (SSSR count). The Kier molecular flexibility index (Phi) is 6.26. The van der Waals surface area contributed by atoms with Crippen LogP contribution in [-0.4, -0.2) is 52.5 Å². The lowest BCUT2D eigenvalue weighted by Crippen LogP contribution is -2.24. The summed E-state index contributed by atoms with van der Waals surface area (Å²) in [5, 5.41) is 15.1. The molecule has 0 bridgehead atoms. The number of halogens is 3. The van der Waals surface area contributed by atoms with Gasteiger partial charge in [-0.3, -0.25) is 4.18 Å². The first kappa shape index (κ1) is 23.4. The lowest BCUT2D eigenvalue weighted by molar-refractivity contribution is -0.274. The summed E-state index contributed by atoms with van der Waals surface area (Å²) in [6, 6.07) is 5.60. The number of alkyl halides is 3. The number of aromatic nitrogens is 4. The van der Waals surface area contributed by atoms with E-state index in [0.29, 0.717) is 30.5 Å². The largest absolute Gasteiger partial charge is 0.573 e. The number of rotatable bonds is 7. The average Bonchev–Trinajstić information content (AvgIpc) is 3.29. The summed E-state index contributed by atoms with van der Waals surface area (Å²) >= 11 is 0. The number of hydrogen-bond acceptors (Lipinski definition) is 8. The van der Waals surface area contributed by atoms with Gasteiger partial charge in [-0.1, -0.05) is 12.1 Å². The lowest BCUT2D eigenvalue weighted by atomic mass is 9.99. The van der Waals surface area contributed by atoms with E-state index in [0.717, 1.165) is 0 Å². The molecule has 0 amide bonds. The highest BCUT2D eigenvalue weighted by Crippen LogP contribution is 2.36. The number of ether oxygens (including phenoxy) is 1. The average molecular weight is 487 g/mol. The number of nitrogens with one attached hydrogen (secondary N) is 1. The van der Waals surface area contributed by atoms with Gasteiger partial charge in [0.2, 0.25) is 0 Å². The number of imidazole rings is 1. The topological polar surface area (TPSA) is 153 Å². The first-order valence-corrected chi connectivity index (χ1v) is 11.4. The summed E-state index contributed by atoms with van der Waals surface area (Å²) < 4.78 is 69.0. The monoisotopic (exact) mass is 487 g/mol. The lowest BCUT2D eigenvalue weighted by Gasteiger charge is -2.12. The van der Waals surface area contributed by atoms with Crippen molar-refractivity contribution in [3.63, 3.8) is 0 Å². The number of para-hydroxylation sites is 1. The molecule has 4 N–H and O–H groups in total. The number of benzene rings is 1. The zero-order chi connectivity index (χ0) is 23.8. The molecule has 3 aromatic rings. The fourth-order valence-corrected chi connectivity index (χ4v) is 4.42. The molecule has 2 aromatic heterocycles. The maximum absolute atomic E-state index is 12.8. The van der Waals surface area contributed by atoms with Gasteiger partial charge in [-0.2, -0.15) is 8.42 Å². The predicted molar refractivity (Wildman–Crippen MR) is 109 cm³/mol. The first-order chi connectivity index (χ1) is 15.5. The first-order valence-electron chi connectivity index (χ1n) is 9.88. The molecule has 2 heterocycles. The second-order valence-electron chi connectivity index (χ2n) is 7.79. The number of aromatic amines is 1. The van der Waals surface area contributed by atoms with Gasteiger partial charge >= 0.3 is 16.7 Å². The molecule has 0 spiro atoms. The fourth-order valence-electron chi connectivity index (χ4n) is 4.05. The van der Waals surface area contributed by atoms with Gasteiger partial charge < -0.3 is 14.8 Å². The number of fused-ring (bicyclic) bond motifs is 1. The van der Waals surface area contributed by atoms with Crippen molar-refractivity contribution < 1.29 is 35.6 Å². The Labute approximate surface area is 186 Å². The van der Waals surface area contributed by atoms with Crippen LogP contribution in [0.1, 0.15) is 18.5 Å². The summed E-state index contributed by atoms with van der Waals surface area (Å²) in [7, 11) is -4.10. The molecule has 3 atom stereocenters. The highest BCUT2D eigenvalue weighted by atomic mass is 32.2. The molecule has 178 valence electrons. The molecule has 0 unspecified atom stereocenters. The summed E-state index contributed by atoms with van der Waals surface area (Å²) in [6.07, 6.45) is -3.05. The zero-order valence-electron chi connectivity index (χ0n) is 17.0. The van der Waals surface area contributed by atoms with E-state index in [-0.39, 0.29) is 29.6 Å². The van der Waals surface area contributed by atoms with Gasteiger partial charge in [-0.15, -0.1) is 13.2 Å². The summed E-state index contributed by atoms with van der Waals surface area (Å²) in [5.74, 6) is -0.721. The van der Waals surface area contributed by atoms with Crippen molar-refractivity contribution in [1.82, 2.24) is 19.9 Å². The van der Waals surface area contributed by atoms with Crippen LogP contribution < -0.4 is 9.88 Å². The minimum Gasteiger partial charge on any atom is -0.405 e. The van der Waals surface area contributed by atoms with Crippen molar-refractivity contribution >= 4 is 21.5 Å². The molecule has 1 aromatic carbocycles. The van der Waals surface area contributed by atoms with Gasteiger partial charge in [-0.25, -0.2) is 20.1 Å². The Bertz CT molecular complexity index is 1250. The van der Waals surface area contributed by atoms with E-state index in [4.69, 9.17) is 5.14 Å². The SMILES string of the molecule is NS(=O)(=O)OC[C@@H]1C[C@@H](Cc2ncnc3nc(-c4ccccc4OC(F)(F)F)[nH]c23)C[C@@H]1O. The summed E-state index contributed by atoms with van der Waals surface area (Å²) in [4.78, 5) is 15.6. The maximum Gasteiger partial charge on any atom is 0.573 e. The van der Waals surface area contributed by atoms with Crippen LogP contribution in [0.3, 0.4) is 0 Å². The molecule has 1 fully saturated rings. The number of aliphatic hydroxyl groups excluding tert-OH is 1. The molecule has 10 nitrogen and oxygen atoms in total. The van der Waals surface area contributed by atoms with Crippen LogP contribution in [-0.2, 0) is 20.9 Å². The normalized spacial score (nSPS) is 21.5. The third-order valence-corrected chi connectivity index (χ3v) is 5.88. The van der Waals surface area contributed by atoms with Crippen LogP contribution in [0.4, 0.5) is 13.2 Å². The number of hydrogen-bond donors (Lipinski definition) is 3. The van der Waals surface area contributed by atoms with Crippen LogP contribution in [0.25, 0.3) is 22.6 Å². The molecule has 1 aliphatic carbocycles. The van der Waals surface area contributed by atoms with Crippen molar-refractivity contribution in [1.29, 1.82) is 0 Å². The van der Waals surface area contributed by atoms with Crippen molar-refractivity contribution in [2.75, 3.05) is 6.61 Å². The third-order valence-electron chi connectivity index (χ3n) is 5.42. The second kappa shape index (κ2) is 8.85. The van der Waals surface area contributed by atoms with Gasteiger partial charge in [-0.05, 0) is 37.3 Å². The molecule has 0 aliphatic heterocycles. The van der Waals surface area contributed by atoms with Crippen molar-refractivity contribution in [2.24, 2.45) is 17.0 Å². The highest BCUT2D eigenvalue weighted by molar-refractivity contribution is 7.84. The number of aliphatic hydroxyl groups is 1. The Morgan fingerprint density at radius 1 is 1.21 bits per heavy atom. The van der Waals surface area contributed by atoms with Gasteiger partial charge in [0.15, 0.2) is 5.65 Å². The van der Waals surface area contributed by atoms with E-state index in [1.54, 1.807) is 6.07 Å². The van der Waals surface area contributed by atoms with Crippen molar-refractivity contribution in [3.05, 3.63) is 36.3 Å². The third kappa shape index (κ3) is 5.76. The highest BCUT2D eigenvalue weighted by Gasteiger charge is 2.35. The quantitative estimate of drug-likeness (QED) is 0.458. The molecule has 0 radical (unpaired) electrons. The van der Waals surface area contributed by atoms with E-state index in [9.17, 15) is 26.7 Å². The molecule has 33 heavy (non-hydrogen) atoms. The van der Waals surface area contributed by atoms with Gasteiger partial charge in [0.25, 0.3) is 0 Å². The van der Waals surface area contributed by atoms with Gasteiger partial charge in [0.1, 0.15) is 23.4 Å². The Morgan fingerprint density at radius 3 is 2.70 bits per heavy atom. The maximum atomic E-state index is 12.8. The molecule has 14 heteroatoms. The molecular formula is C19H20F3N5O5S. The van der Waals surface area contributed by atoms with Crippen molar-refractivity contribution in [2.45, 2.75) is 31.7 Å². The number of nitrogens with zero attached hydrogens (tertiary/aromatic N) is 3. The molecule has 1 saturated carbocycles. The Balaban J connectivity index is 1.56. The number of nitrogens with two attached hydrogens (primary N) is 1. The summed E-state index contributed by atoms with van der Waals surface area (Å²) in [6.45, 7) is -0.222. The Hall–Kier alpha value is -2.81. The van der Waals surface area contributed by atoms with Crippen LogP contribution in [0.2, 0.25) is 0 Å². The van der Waals surface area contributed by atoms with E-state index in [1.165, 1.54) is 24.5 Å². The van der Waals surface area contributed by atoms with Crippen LogP contribution in [0.5, 0.6) is 5.75 Å². The zero-order valence-corrected chi connectivity index (χ0v) is 17.8. The molecule has 0 saturated heterocycles. The van der Waals surface area contributed by atoms with E-state index in [2.05, 4.69) is 28.9 Å². The predicted octanol–water partition coefficient (Wildman–Crippen LogP) is 2.07. The summed E-state index contributed by atoms with van der Waals surface area (Å²) in [5.41, 5.74) is 1.39. The van der Waals surface area contributed by atoms with Gasteiger partial charge in [0, 0.05) is 5.92 Å². The number of H-pyrrole nitrogens is 1. The smallest absolute Gasteiger partial charge is 0.405 e. The fraction of sp³-hybridized carbons (Fsp3) is 0.421. The minimum atomic E-state index is -4.86. The standard InChI is InChI=1S/C19H20F3N5O5S/c20-19(21,22)32-15-4-2-1-3-12(15)17-26-16-13(24-9-25-18(16)27-17)6-10-5-11(14(28)7-10)8-31-33(23,29)30/h1-4,9-11,14,28H,5-8H2,(H2,23,29,30)(H,24,25,26,27)/t10-,11-,14-/m0/s1. The molecule has 1 aliphatic rings. The van der Waals surface area contributed by atoms with Crippen LogP contribution in [0.15, 0.2) is 30.6 Å². The van der Waals surface area contributed by atoms with E-state index >= 15 is 0 Å². The van der Waals surface area contributed by atoms with Crippen LogP contribution in [0, 0.1) is 11.8 Å². The Morgan fingerprint density at radius 2 is 1.97 bits per heavy atom. The second-order valence-corrected chi connectivity index (χ2v) is 9.02. The van der Waals surface area contributed by atoms with Crippen molar-refractivity contribution in [3.8, 4) is 17.1 Å². The van der Waals surface area contributed by atoms with Crippen LogP contribution >= 0.6 is 0 Å². The molecular weight excluding hydrogens is 467 g/mol. The van der Waals surface area contributed by atoms with E-state index in [1.807, 2.05) is 0 Å².